The van der Waals surface area contributed by atoms with Crippen LogP contribution in [-0.4, -0.2) is 70.5 Å². The second-order valence-corrected chi connectivity index (χ2v) is 16.5. The first-order valence-electron chi connectivity index (χ1n) is 17.0. The van der Waals surface area contributed by atoms with Gasteiger partial charge in [0.2, 0.25) is 11.0 Å². The van der Waals surface area contributed by atoms with Crippen molar-refractivity contribution in [2.75, 3.05) is 6.54 Å². The number of aromatic nitrogens is 1. The Morgan fingerprint density at radius 2 is 1.87 bits per heavy atom. The number of aryl methyl sites for hydroxylation is 1. The maximum Gasteiger partial charge on any atom is 0.519 e. The zero-order valence-corrected chi connectivity index (χ0v) is 32.8. The third kappa shape index (κ3) is 9.67. The third-order valence-electron chi connectivity index (χ3n) is 9.03. The summed E-state index contributed by atoms with van der Waals surface area (Å²) in [5.41, 5.74) is -0.709. The maximum atomic E-state index is 14.6. The van der Waals surface area contributed by atoms with Gasteiger partial charge < -0.3 is 28.7 Å². The molecule has 5 unspecified atom stereocenters. The highest BCUT2D eigenvalue weighted by Crippen LogP contribution is 2.48. The predicted molar refractivity (Wildman–Crippen MR) is 202 cm³/mol. The van der Waals surface area contributed by atoms with E-state index >= 15 is 0 Å². The summed E-state index contributed by atoms with van der Waals surface area (Å²) in [5.74, 6) is -3.04. The fourth-order valence-electron chi connectivity index (χ4n) is 5.84. The molecule has 2 aromatic heterocycles. The number of alkyl carbamates (subject to hydrolysis) is 1. The van der Waals surface area contributed by atoms with E-state index < -0.39 is 81.1 Å². The van der Waals surface area contributed by atoms with Crippen LogP contribution in [0.4, 0.5) is 4.79 Å². The molecule has 1 saturated heterocycles. The second-order valence-electron chi connectivity index (χ2n) is 13.0. The number of fused-ring (bicyclic) bond motifs is 4. The molecule has 18 heteroatoms. The summed E-state index contributed by atoms with van der Waals surface area (Å²) < 4.78 is 34.3. The van der Waals surface area contributed by atoms with Crippen molar-refractivity contribution in [3.63, 3.8) is 0 Å². The average molecular weight is 814 g/mol. The Balaban J connectivity index is 1.41. The minimum Gasteiger partial charge on any atom is -0.448 e. The summed E-state index contributed by atoms with van der Waals surface area (Å²) >= 11 is 1.83. The van der Waals surface area contributed by atoms with Gasteiger partial charge in [0.25, 0.3) is 0 Å². The molecule has 3 aromatic rings. The SMILES string of the molecule is C/C1=C\C(OC(=O)CNC(=O)OCc2ccccc2)C(=O)/C=C/C=C\c2csc(n2)C(C)N2C(=O)CC(C(C)(O)C(=O)SCc3oc(=O)oc3C)(CC1)S2=O. The first-order valence-corrected chi connectivity index (χ1v) is 20.0. The van der Waals surface area contributed by atoms with Crippen LogP contribution in [0.2, 0.25) is 0 Å². The summed E-state index contributed by atoms with van der Waals surface area (Å²) in [5, 5.41) is 15.7. The Kier molecular flexibility index (Phi) is 13.3. The van der Waals surface area contributed by atoms with Crippen molar-refractivity contribution in [3.05, 3.63) is 104 Å². The number of thioether (sulfide) groups is 1. The van der Waals surface area contributed by atoms with E-state index in [4.69, 9.17) is 18.3 Å². The van der Waals surface area contributed by atoms with Crippen molar-refractivity contribution >= 4 is 69.0 Å². The van der Waals surface area contributed by atoms with Gasteiger partial charge in [-0.3, -0.25) is 23.5 Å². The van der Waals surface area contributed by atoms with Crippen molar-refractivity contribution in [3.8, 4) is 0 Å². The van der Waals surface area contributed by atoms with E-state index in [0.29, 0.717) is 28.0 Å². The highest BCUT2D eigenvalue weighted by molar-refractivity contribution is 8.13. The zero-order chi connectivity index (χ0) is 39.9. The predicted octanol–water partition coefficient (Wildman–Crippen LogP) is 4.62. The standard InChI is InChI=1S/C37H39N3O12S3/c1-22-14-15-37(36(4,47)33(44)54-21-29-24(3)50-35(46)52-29)17-30(42)40(55(37)48)23(2)32-39-26(20-53-32)12-8-9-13-27(41)28(16-22)51-31(43)18-38-34(45)49-19-25-10-6-5-7-11-25/h5-13,16,20,23,28,47H,14-15,17-19,21H2,1-4H3,(H,38,45)/b12-8-,13-9+,22-16+. The lowest BCUT2D eigenvalue weighted by Crippen LogP contribution is -2.58. The van der Waals surface area contributed by atoms with Gasteiger partial charge in [-0.15, -0.1) is 11.3 Å². The number of benzene rings is 1. The quantitative estimate of drug-likeness (QED) is 0.223. The fourth-order valence-corrected chi connectivity index (χ4v) is 9.77. The summed E-state index contributed by atoms with van der Waals surface area (Å²) in [6.45, 7) is 5.31. The topological polar surface area (TPSA) is 213 Å². The van der Waals surface area contributed by atoms with E-state index in [2.05, 4.69) is 10.3 Å². The van der Waals surface area contributed by atoms with Gasteiger partial charge in [0, 0.05) is 5.38 Å². The molecule has 55 heavy (non-hydrogen) atoms. The van der Waals surface area contributed by atoms with Crippen LogP contribution in [0.5, 0.6) is 0 Å². The molecule has 5 rings (SSSR count). The first kappa shape index (κ1) is 41.3. The molecule has 2 amide bonds. The van der Waals surface area contributed by atoms with Crippen LogP contribution in [0.25, 0.3) is 6.08 Å². The monoisotopic (exact) mass is 813 g/mol. The number of nitrogens with one attached hydrogen (secondary N) is 1. The van der Waals surface area contributed by atoms with Gasteiger partial charge in [0.05, 0.1) is 23.9 Å². The molecule has 1 fully saturated rings. The minimum atomic E-state index is -2.38. The normalized spacial score (nSPS) is 24.9. The summed E-state index contributed by atoms with van der Waals surface area (Å²) in [6, 6.07) is 8.12. The maximum absolute atomic E-state index is 14.6. The van der Waals surface area contributed by atoms with Gasteiger partial charge in [-0.25, -0.2) is 18.8 Å². The lowest BCUT2D eigenvalue weighted by atomic mass is 9.81. The van der Waals surface area contributed by atoms with E-state index in [-0.39, 0.29) is 36.7 Å². The smallest absolute Gasteiger partial charge is 0.448 e. The van der Waals surface area contributed by atoms with Crippen LogP contribution in [0.1, 0.15) is 73.9 Å². The first-order chi connectivity index (χ1) is 26.1. The fraction of sp³-hybridized carbons (Fsp3) is 0.378. The lowest BCUT2D eigenvalue weighted by molar-refractivity contribution is -0.150. The van der Waals surface area contributed by atoms with E-state index in [1.165, 1.54) is 43.4 Å². The molecule has 0 saturated carbocycles. The number of aliphatic hydroxyl groups is 1. The van der Waals surface area contributed by atoms with Gasteiger partial charge in [-0.1, -0.05) is 59.8 Å². The molecular formula is C37H39N3O12S3. The number of carbonyl (C=O) groups excluding carboxylic acids is 5. The molecule has 15 nitrogen and oxygen atoms in total. The largest absolute Gasteiger partial charge is 0.519 e. The van der Waals surface area contributed by atoms with E-state index in [1.807, 2.05) is 6.07 Å². The molecule has 5 atom stereocenters. The van der Waals surface area contributed by atoms with Gasteiger partial charge in [0.1, 0.15) is 45.3 Å². The molecular weight excluding hydrogens is 775 g/mol. The Labute approximate surface area is 326 Å². The average Bonchev–Trinajstić information content (AvgIpc) is 3.83. The number of ether oxygens (including phenoxy) is 2. The number of nitrogens with zero attached hydrogens (tertiary/aromatic N) is 2. The van der Waals surface area contributed by atoms with Crippen LogP contribution in [-0.2, 0) is 52.0 Å². The van der Waals surface area contributed by atoms with Crippen LogP contribution in [0.3, 0.4) is 0 Å². The zero-order valence-electron chi connectivity index (χ0n) is 30.3. The van der Waals surface area contributed by atoms with Crippen LogP contribution < -0.4 is 11.1 Å². The van der Waals surface area contributed by atoms with Crippen molar-refractivity contribution in [1.29, 1.82) is 0 Å². The Bertz CT molecular complexity index is 2120. The van der Waals surface area contributed by atoms with Gasteiger partial charge in [-0.05, 0) is 64.3 Å². The number of hydrogen-bond donors (Lipinski definition) is 2. The number of allylic oxidation sites excluding steroid dienone is 3. The highest BCUT2D eigenvalue weighted by Gasteiger charge is 2.64. The second kappa shape index (κ2) is 17.7. The highest BCUT2D eigenvalue weighted by atomic mass is 32.2. The summed E-state index contributed by atoms with van der Waals surface area (Å²) in [6.07, 6.45) is 4.20. The Hall–Kier alpha value is -4.91. The molecule has 0 aliphatic carbocycles. The molecule has 2 aliphatic rings. The molecule has 0 radical (unpaired) electrons. The molecule has 2 N–H and O–H groups in total. The Morgan fingerprint density at radius 1 is 1.15 bits per heavy atom. The molecule has 2 aliphatic heterocycles. The molecule has 0 spiro atoms. The van der Waals surface area contributed by atoms with Gasteiger partial charge in [0.15, 0.2) is 17.6 Å². The number of amides is 2. The Morgan fingerprint density at radius 3 is 2.58 bits per heavy atom. The molecule has 4 bridgehead atoms. The summed E-state index contributed by atoms with van der Waals surface area (Å²) in [4.78, 5) is 82.1. The third-order valence-corrected chi connectivity index (χ3v) is 13.4. The molecule has 292 valence electrons. The van der Waals surface area contributed by atoms with E-state index in [9.17, 15) is 38.1 Å². The molecule has 4 heterocycles. The number of hydrogen-bond acceptors (Lipinski definition) is 15. The van der Waals surface area contributed by atoms with E-state index in [0.717, 1.165) is 9.87 Å². The number of rotatable bonds is 9. The minimum absolute atomic E-state index is 0.00145. The van der Waals surface area contributed by atoms with Crippen LogP contribution >= 0.6 is 23.1 Å². The number of thiazole rings is 1. The van der Waals surface area contributed by atoms with Crippen LogP contribution in [0, 0.1) is 6.92 Å². The molecule has 1 aromatic carbocycles. The van der Waals surface area contributed by atoms with E-state index in [1.54, 1.807) is 55.6 Å². The lowest BCUT2D eigenvalue weighted by Gasteiger charge is -2.39. The van der Waals surface area contributed by atoms with Gasteiger partial charge in [-0.2, -0.15) is 0 Å². The van der Waals surface area contributed by atoms with Crippen molar-refractivity contribution < 1.29 is 51.6 Å². The van der Waals surface area contributed by atoms with Crippen molar-refractivity contribution in [2.24, 2.45) is 0 Å². The van der Waals surface area contributed by atoms with Gasteiger partial charge >= 0.3 is 17.9 Å². The summed E-state index contributed by atoms with van der Waals surface area (Å²) in [7, 11) is -2.29. The number of carbonyl (C=O) groups is 5. The van der Waals surface area contributed by atoms with Crippen molar-refractivity contribution in [1.82, 2.24) is 14.6 Å². The number of ketones is 1. The van der Waals surface area contributed by atoms with Crippen molar-refractivity contribution in [2.45, 2.75) is 81.8 Å². The number of esters is 1. The van der Waals surface area contributed by atoms with Crippen LogP contribution in [0.15, 0.2) is 79.2 Å².